The minimum atomic E-state index is -3.87. The van der Waals surface area contributed by atoms with Crippen LogP contribution < -0.4 is 9.46 Å². The van der Waals surface area contributed by atoms with Crippen LogP contribution in [0.1, 0.15) is 13.8 Å². The second-order valence-electron chi connectivity index (χ2n) is 4.88. The summed E-state index contributed by atoms with van der Waals surface area (Å²) in [5.74, 6) is -0.587. The first-order valence-electron chi connectivity index (χ1n) is 6.36. The molecule has 0 unspecified atom stereocenters. The molecule has 0 saturated heterocycles. The molecule has 21 heavy (non-hydrogen) atoms. The molecule has 0 saturated carbocycles. The highest BCUT2D eigenvalue weighted by Gasteiger charge is 2.19. The smallest absolute Gasteiger partial charge is 0.333 e. The predicted octanol–water partition coefficient (Wildman–Crippen LogP) is 0.445. The number of nitrogens with one attached hydrogen (secondary N) is 1. The highest BCUT2D eigenvalue weighted by molar-refractivity contribution is 7.89. The van der Waals surface area contributed by atoms with Crippen LogP contribution in [0.5, 0.6) is 5.75 Å². The van der Waals surface area contributed by atoms with E-state index in [1.807, 2.05) is 18.6 Å². The fourth-order valence-corrected chi connectivity index (χ4v) is 2.38. The molecule has 0 amide bonds. The van der Waals surface area contributed by atoms with Crippen molar-refractivity contribution in [3.63, 3.8) is 0 Å². The molecule has 1 aromatic rings. The summed E-state index contributed by atoms with van der Waals surface area (Å²) in [7, 11) is -3.87. The van der Waals surface area contributed by atoms with Crippen LogP contribution in [-0.2, 0) is 14.8 Å². The van der Waals surface area contributed by atoms with Crippen molar-refractivity contribution in [3.8, 4) is 5.75 Å². The van der Waals surface area contributed by atoms with Crippen molar-refractivity contribution in [1.82, 2.24) is 4.72 Å². The second-order valence-corrected chi connectivity index (χ2v) is 6.65. The Morgan fingerprint density at radius 2 is 1.86 bits per heavy atom. The summed E-state index contributed by atoms with van der Waals surface area (Å²) in [5, 5.41) is 17.5. The fourth-order valence-electron chi connectivity index (χ4n) is 1.34. The van der Waals surface area contributed by atoms with Gasteiger partial charge in [0.15, 0.2) is 6.10 Å². The van der Waals surface area contributed by atoms with E-state index in [9.17, 15) is 13.2 Å². The molecule has 3 N–H and O–H groups in total. The molecular formula is C13H19NO6S. The van der Waals surface area contributed by atoms with Gasteiger partial charge in [0, 0.05) is 6.54 Å². The number of aliphatic carboxylic acids is 1. The van der Waals surface area contributed by atoms with E-state index in [-0.39, 0.29) is 4.90 Å². The molecule has 0 aromatic heterocycles. The van der Waals surface area contributed by atoms with Gasteiger partial charge in [0.25, 0.3) is 0 Å². The number of rotatable bonds is 8. The Morgan fingerprint density at radius 3 is 2.33 bits per heavy atom. The van der Waals surface area contributed by atoms with Crippen molar-refractivity contribution in [3.05, 3.63) is 24.3 Å². The topological polar surface area (TPSA) is 113 Å². The molecule has 0 heterocycles. The number of hydrogen-bond acceptors (Lipinski definition) is 5. The lowest BCUT2D eigenvalue weighted by Gasteiger charge is -2.11. The third kappa shape index (κ3) is 5.70. The molecule has 0 fully saturated rings. The zero-order valence-electron chi connectivity index (χ0n) is 11.8. The van der Waals surface area contributed by atoms with E-state index in [1.54, 1.807) is 0 Å². The summed E-state index contributed by atoms with van der Waals surface area (Å²) in [4.78, 5) is 10.4. The Balaban J connectivity index is 2.69. The minimum Gasteiger partial charge on any atom is -0.493 e. The van der Waals surface area contributed by atoms with Gasteiger partial charge in [0.1, 0.15) is 5.75 Å². The summed E-state index contributed by atoms with van der Waals surface area (Å²) in [6.07, 6.45) is -1.78. The summed E-state index contributed by atoms with van der Waals surface area (Å²) >= 11 is 0. The maximum atomic E-state index is 11.9. The van der Waals surface area contributed by atoms with Crippen molar-refractivity contribution in [2.75, 3.05) is 13.2 Å². The number of ether oxygens (including phenoxy) is 1. The standard InChI is InChI=1S/C13H19NO6S/c1-9(2)8-20-10-3-5-11(6-4-10)21(18,19)14-7-12(15)13(16)17/h3-6,9,12,14-15H,7-8H2,1-2H3,(H,16,17)/t12-/m0/s1. The van der Waals surface area contributed by atoms with Crippen LogP contribution >= 0.6 is 0 Å². The largest absolute Gasteiger partial charge is 0.493 e. The quantitative estimate of drug-likeness (QED) is 0.641. The van der Waals surface area contributed by atoms with Crippen molar-refractivity contribution in [2.45, 2.75) is 24.8 Å². The molecule has 0 bridgehead atoms. The lowest BCUT2D eigenvalue weighted by molar-refractivity contribution is -0.146. The van der Waals surface area contributed by atoms with Gasteiger partial charge in [-0.2, -0.15) is 0 Å². The first kappa shape index (κ1) is 17.4. The van der Waals surface area contributed by atoms with E-state index < -0.39 is 28.6 Å². The van der Waals surface area contributed by atoms with E-state index in [0.29, 0.717) is 18.3 Å². The normalized spacial score (nSPS) is 13.1. The Hall–Kier alpha value is -1.64. The Kier molecular flexibility index (Phi) is 6.13. The highest BCUT2D eigenvalue weighted by atomic mass is 32.2. The van der Waals surface area contributed by atoms with Crippen LogP contribution in [0.15, 0.2) is 29.2 Å². The van der Waals surface area contributed by atoms with E-state index in [1.165, 1.54) is 24.3 Å². The summed E-state index contributed by atoms with van der Waals surface area (Å²) in [6.45, 7) is 3.92. The molecule has 0 aliphatic rings. The summed E-state index contributed by atoms with van der Waals surface area (Å²) in [5.41, 5.74) is 0. The highest BCUT2D eigenvalue weighted by Crippen LogP contribution is 2.16. The number of carboxylic acid groups (broad SMARTS) is 1. The average molecular weight is 317 g/mol. The molecule has 1 atom stereocenters. The van der Waals surface area contributed by atoms with Gasteiger partial charge in [-0.3, -0.25) is 0 Å². The van der Waals surface area contributed by atoms with Gasteiger partial charge >= 0.3 is 5.97 Å². The van der Waals surface area contributed by atoms with Gasteiger partial charge in [0.05, 0.1) is 11.5 Å². The van der Waals surface area contributed by atoms with E-state index in [4.69, 9.17) is 14.9 Å². The maximum absolute atomic E-state index is 11.9. The zero-order valence-corrected chi connectivity index (χ0v) is 12.6. The van der Waals surface area contributed by atoms with Crippen molar-refractivity contribution in [1.29, 1.82) is 0 Å². The average Bonchev–Trinajstić information content (AvgIpc) is 2.43. The number of sulfonamides is 1. The van der Waals surface area contributed by atoms with Crippen molar-refractivity contribution in [2.24, 2.45) is 5.92 Å². The Labute approximate surface area is 123 Å². The van der Waals surface area contributed by atoms with Crippen LogP contribution in [0.4, 0.5) is 0 Å². The van der Waals surface area contributed by atoms with Gasteiger partial charge in [-0.25, -0.2) is 17.9 Å². The van der Waals surface area contributed by atoms with Crippen LogP contribution in [0.3, 0.4) is 0 Å². The summed E-state index contributed by atoms with van der Waals surface area (Å²) in [6, 6.07) is 5.74. The lowest BCUT2D eigenvalue weighted by atomic mass is 10.2. The molecule has 0 radical (unpaired) electrons. The van der Waals surface area contributed by atoms with E-state index in [2.05, 4.69) is 0 Å². The first-order chi connectivity index (χ1) is 9.72. The number of carboxylic acids is 1. The zero-order chi connectivity index (χ0) is 16.0. The van der Waals surface area contributed by atoms with Gasteiger partial charge < -0.3 is 14.9 Å². The first-order valence-corrected chi connectivity index (χ1v) is 7.84. The number of carbonyl (C=O) groups is 1. The molecule has 1 rings (SSSR count). The number of aliphatic hydroxyl groups excluding tert-OH is 1. The summed E-state index contributed by atoms with van der Waals surface area (Å²) < 4.78 is 31.2. The molecule has 0 aliphatic heterocycles. The SMILES string of the molecule is CC(C)COc1ccc(S(=O)(=O)NC[C@H](O)C(=O)O)cc1. The van der Waals surface area contributed by atoms with Crippen molar-refractivity contribution < 1.29 is 28.2 Å². The van der Waals surface area contributed by atoms with Crippen molar-refractivity contribution >= 4 is 16.0 Å². The van der Waals surface area contributed by atoms with Gasteiger partial charge in [-0.05, 0) is 30.2 Å². The fraction of sp³-hybridized carbons (Fsp3) is 0.462. The minimum absolute atomic E-state index is 0.0306. The molecule has 0 aliphatic carbocycles. The molecule has 7 nitrogen and oxygen atoms in total. The Morgan fingerprint density at radius 1 is 1.29 bits per heavy atom. The molecule has 0 spiro atoms. The number of benzene rings is 1. The molecule has 1 aromatic carbocycles. The predicted molar refractivity (Wildman–Crippen MR) is 75.6 cm³/mol. The Bertz CT molecular complexity index is 567. The lowest BCUT2D eigenvalue weighted by Crippen LogP contribution is -2.36. The molecular weight excluding hydrogens is 298 g/mol. The maximum Gasteiger partial charge on any atom is 0.333 e. The van der Waals surface area contributed by atoms with E-state index >= 15 is 0 Å². The van der Waals surface area contributed by atoms with Gasteiger partial charge in [-0.15, -0.1) is 0 Å². The van der Waals surface area contributed by atoms with Crippen LogP contribution in [0.25, 0.3) is 0 Å². The third-order valence-electron chi connectivity index (χ3n) is 2.47. The second kappa shape index (κ2) is 7.39. The van der Waals surface area contributed by atoms with Crippen LogP contribution in [0, 0.1) is 5.92 Å². The van der Waals surface area contributed by atoms with E-state index in [0.717, 1.165) is 0 Å². The molecule has 118 valence electrons. The van der Waals surface area contributed by atoms with Gasteiger partial charge in [-0.1, -0.05) is 13.8 Å². The third-order valence-corrected chi connectivity index (χ3v) is 3.91. The van der Waals surface area contributed by atoms with Crippen LogP contribution in [0.2, 0.25) is 0 Å². The van der Waals surface area contributed by atoms with Crippen LogP contribution in [-0.4, -0.2) is 43.9 Å². The number of hydrogen-bond donors (Lipinski definition) is 3. The monoisotopic (exact) mass is 317 g/mol. The van der Waals surface area contributed by atoms with Gasteiger partial charge in [0.2, 0.25) is 10.0 Å². The number of aliphatic hydroxyl groups is 1. The molecule has 8 heteroatoms.